The zero-order valence-corrected chi connectivity index (χ0v) is 12.3. The van der Waals surface area contributed by atoms with Crippen LogP contribution in [0.1, 0.15) is 36.6 Å². The van der Waals surface area contributed by atoms with E-state index in [4.69, 9.17) is 0 Å². The topological polar surface area (TPSA) is 66.4 Å². The van der Waals surface area contributed by atoms with Crippen LogP contribution in [0.2, 0.25) is 0 Å². The number of aliphatic hydroxyl groups excluding tert-OH is 1. The van der Waals surface area contributed by atoms with Crippen LogP contribution in [0.4, 0.5) is 0 Å². The third-order valence-corrected chi connectivity index (χ3v) is 6.51. The Bertz CT molecular complexity index is 521. The second kappa shape index (κ2) is 5.28. The minimum Gasteiger partial charge on any atom is -0.391 e. The fourth-order valence-corrected chi connectivity index (χ4v) is 5.58. The first-order valence-electron chi connectivity index (χ1n) is 6.16. The molecule has 0 aromatic carbocycles. The molecule has 1 aromatic heterocycles. The molecule has 102 valence electrons. The van der Waals surface area contributed by atoms with Gasteiger partial charge in [0.2, 0.25) is 10.0 Å². The second-order valence-electron chi connectivity index (χ2n) is 4.97. The first-order valence-corrected chi connectivity index (χ1v) is 8.52. The van der Waals surface area contributed by atoms with Gasteiger partial charge in [0, 0.05) is 6.04 Å². The lowest BCUT2D eigenvalue weighted by Crippen LogP contribution is -2.36. The molecule has 1 aliphatic rings. The lowest BCUT2D eigenvalue weighted by molar-refractivity contribution is 0.282. The number of thiophene rings is 1. The van der Waals surface area contributed by atoms with Gasteiger partial charge in [0.1, 0.15) is 4.90 Å². The first kappa shape index (κ1) is 14.0. The number of sulfonamides is 1. The number of rotatable bonds is 4. The van der Waals surface area contributed by atoms with E-state index in [1.165, 1.54) is 11.3 Å². The standard InChI is InChI=1S/C12H19NO3S2/c1-8-4-3-5-10(8)13-18(15,16)12-9(2)7-17-11(12)6-14/h7-8,10,13-14H,3-6H2,1-2H3. The van der Waals surface area contributed by atoms with Crippen LogP contribution in [0.25, 0.3) is 0 Å². The summed E-state index contributed by atoms with van der Waals surface area (Å²) in [6, 6.07) is 0.0286. The maximum absolute atomic E-state index is 12.4. The van der Waals surface area contributed by atoms with Gasteiger partial charge in [-0.25, -0.2) is 13.1 Å². The van der Waals surface area contributed by atoms with E-state index in [9.17, 15) is 13.5 Å². The van der Waals surface area contributed by atoms with Crippen LogP contribution in [0.3, 0.4) is 0 Å². The predicted molar refractivity (Wildman–Crippen MR) is 72.1 cm³/mol. The summed E-state index contributed by atoms with van der Waals surface area (Å²) >= 11 is 1.29. The van der Waals surface area contributed by atoms with Crippen LogP contribution in [-0.2, 0) is 16.6 Å². The molecule has 6 heteroatoms. The monoisotopic (exact) mass is 289 g/mol. The minimum atomic E-state index is -3.51. The highest BCUT2D eigenvalue weighted by atomic mass is 32.2. The van der Waals surface area contributed by atoms with Crippen LogP contribution in [0.5, 0.6) is 0 Å². The zero-order chi connectivity index (χ0) is 13.3. The fraction of sp³-hybridized carbons (Fsp3) is 0.667. The van der Waals surface area contributed by atoms with Crippen LogP contribution < -0.4 is 4.72 Å². The van der Waals surface area contributed by atoms with Gasteiger partial charge in [-0.3, -0.25) is 0 Å². The SMILES string of the molecule is Cc1csc(CO)c1S(=O)(=O)NC1CCCC1C. The number of aliphatic hydroxyl groups is 1. The van der Waals surface area contributed by atoms with Crippen molar-refractivity contribution in [2.45, 2.75) is 50.7 Å². The van der Waals surface area contributed by atoms with E-state index in [0.717, 1.165) is 19.3 Å². The summed E-state index contributed by atoms with van der Waals surface area (Å²) in [6.07, 6.45) is 3.05. The Kier molecular flexibility index (Phi) is 4.11. The normalized spacial score (nSPS) is 24.6. The van der Waals surface area contributed by atoms with Gasteiger partial charge in [-0.2, -0.15) is 0 Å². The van der Waals surface area contributed by atoms with E-state index in [-0.39, 0.29) is 17.5 Å². The molecule has 1 saturated carbocycles. The van der Waals surface area contributed by atoms with Crippen molar-refractivity contribution in [1.82, 2.24) is 4.72 Å². The maximum Gasteiger partial charge on any atom is 0.242 e. The molecule has 4 nitrogen and oxygen atoms in total. The number of hydrogen-bond acceptors (Lipinski definition) is 4. The van der Waals surface area contributed by atoms with Gasteiger partial charge in [0.25, 0.3) is 0 Å². The summed E-state index contributed by atoms with van der Waals surface area (Å²) in [4.78, 5) is 0.791. The molecule has 2 unspecified atom stereocenters. The molecular weight excluding hydrogens is 270 g/mol. The van der Waals surface area contributed by atoms with Crippen molar-refractivity contribution in [3.63, 3.8) is 0 Å². The highest BCUT2D eigenvalue weighted by Crippen LogP contribution is 2.30. The summed E-state index contributed by atoms with van der Waals surface area (Å²) in [5.41, 5.74) is 0.710. The molecule has 1 fully saturated rings. The van der Waals surface area contributed by atoms with E-state index in [0.29, 0.717) is 16.4 Å². The van der Waals surface area contributed by atoms with Crippen LogP contribution in [0, 0.1) is 12.8 Å². The third-order valence-electron chi connectivity index (χ3n) is 3.57. The summed E-state index contributed by atoms with van der Waals surface area (Å²) in [7, 11) is -3.51. The van der Waals surface area contributed by atoms with Gasteiger partial charge in [-0.05, 0) is 36.6 Å². The molecule has 0 bridgehead atoms. The highest BCUT2D eigenvalue weighted by molar-refractivity contribution is 7.89. The largest absolute Gasteiger partial charge is 0.391 e. The first-order chi connectivity index (χ1) is 8.45. The Morgan fingerprint density at radius 3 is 2.78 bits per heavy atom. The Hall–Kier alpha value is -0.430. The summed E-state index contributed by atoms with van der Waals surface area (Å²) in [5, 5.41) is 11.0. The van der Waals surface area contributed by atoms with Crippen molar-refractivity contribution in [2.75, 3.05) is 0 Å². The molecule has 0 saturated heterocycles. The zero-order valence-electron chi connectivity index (χ0n) is 10.6. The molecule has 1 aliphatic carbocycles. The van der Waals surface area contributed by atoms with Crippen molar-refractivity contribution in [3.05, 3.63) is 15.8 Å². The van der Waals surface area contributed by atoms with Crippen LogP contribution >= 0.6 is 11.3 Å². The lowest BCUT2D eigenvalue weighted by atomic mass is 10.1. The molecule has 0 aliphatic heterocycles. The molecule has 2 rings (SSSR count). The predicted octanol–water partition coefficient (Wildman–Crippen LogP) is 2.02. The Balaban J connectivity index is 2.27. The average molecular weight is 289 g/mol. The van der Waals surface area contributed by atoms with Crippen molar-refractivity contribution >= 4 is 21.4 Å². The Morgan fingerprint density at radius 2 is 2.22 bits per heavy atom. The van der Waals surface area contributed by atoms with Crippen molar-refractivity contribution in [3.8, 4) is 0 Å². The number of aryl methyl sites for hydroxylation is 1. The molecule has 2 atom stereocenters. The van der Waals surface area contributed by atoms with Crippen molar-refractivity contribution in [1.29, 1.82) is 0 Å². The third kappa shape index (κ3) is 2.61. The second-order valence-corrected chi connectivity index (χ2v) is 7.58. The molecule has 2 N–H and O–H groups in total. The van der Waals surface area contributed by atoms with Crippen LogP contribution in [0.15, 0.2) is 10.3 Å². The highest BCUT2D eigenvalue weighted by Gasteiger charge is 2.30. The lowest BCUT2D eigenvalue weighted by Gasteiger charge is -2.18. The number of hydrogen-bond donors (Lipinski definition) is 2. The van der Waals surface area contributed by atoms with E-state index >= 15 is 0 Å². The summed E-state index contributed by atoms with van der Waals surface area (Å²) in [6.45, 7) is 3.62. The summed E-state index contributed by atoms with van der Waals surface area (Å²) in [5.74, 6) is 0.385. The fourth-order valence-electron chi connectivity index (χ4n) is 2.54. The molecule has 18 heavy (non-hydrogen) atoms. The van der Waals surface area contributed by atoms with E-state index in [1.807, 2.05) is 0 Å². The maximum atomic E-state index is 12.4. The molecule has 0 radical (unpaired) electrons. The summed E-state index contributed by atoms with van der Waals surface area (Å²) < 4.78 is 27.6. The van der Waals surface area contributed by atoms with Crippen molar-refractivity contribution in [2.24, 2.45) is 5.92 Å². The van der Waals surface area contributed by atoms with Crippen LogP contribution in [-0.4, -0.2) is 19.6 Å². The average Bonchev–Trinajstić information content (AvgIpc) is 2.85. The Labute approximate surface area is 112 Å². The smallest absolute Gasteiger partial charge is 0.242 e. The molecule has 0 amide bonds. The quantitative estimate of drug-likeness (QED) is 0.891. The minimum absolute atomic E-state index is 0.0286. The molecule has 0 spiro atoms. The van der Waals surface area contributed by atoms with E-state index in [2.05, 4.69) is 11.6 Å². The van der Waals surface area contributed by atoms with Gasteiger partial charge >= 0.3 is 0 Å². The molecule has 1 heterocycles. The molecular formula is C12H19NO3S2. The molecule has 1 aromatic rings. The van der Waals surface area contributed by atoms with Crippen molar-refractivity contribution < 1.29 is 13.5 Å². The van der Waals surface area contributed by atoms with Gasteiger partial charge in [0.15, 0.2) is 0 Å². The van der Waals surface area contributed by atoms with E-state index in [1.54, 1.807) is 12.3 Å². The van der Waals surface area contributed by atoms with Gasteiger partial charge in [-0.1, -0.05) is 13.3 Å². The number of nitrogens with one attached hydrogen (secondary N) is 1. The van der Waals surface area contributed by atoms with Gasteiger partial charge in [0.05, 0.1) is 11.5 Å². The Morgan fingerprint density at radius 1 is 1.50 bits per heavy atom. The van der Waals surface area contributed by atoms with E-state index < -0.39 is 10.0 Å². The van der Waals surface area contributed by atoms with Gasteiger partial charge < -0.3 is 5.11 Å². The van der Waals surface area contributed by atoms with Gasteiger partial charge in [-0.15, -0.1) is 11.3 Å².